The number of anilines is 1. The molecular formula is C23H19N3O6. The number of likely N-dealkylation sites (tertiary alicyclic amines) is 1. The van der Waals surface area contributed by atoms with E-state index in [0.717, 1.165) is 22.3 Å². The Hall–Kier alpha value is -4.14. The number of aromatic nitrogens is 1. The van der Waals surface area contributed by atoms with E-state index in [4.69, 9.17) is 14.4 Å². The Balaban J connectivity index is 1.22. The monoisotopic (exact) mass is 433 g/mol. The largest absolute Gasteiger partial charge is 0.480 e. The third-order valence-corrected chi connectivity index (χ3v) is 5.86. The smallest absolute Gasteiger partial charge is 0.414 e. The van der Waals surface area contributed by atoms with Crippen molar-refractivity contribution >= 4 is 23.9 Å². The van der Waals surface area contributed by atoms with Crippen LogP contribution in [0, 0.1) is 0 Å². The Morgan fingerprint density at radius 1 is 1.09 bits per heavy atom. The van der Waals surface area contributed by atoms with Crippen molar-refractivity contribution in [1.29, 1.82) is 0 Å². The van der Waals surface area contributed by atoms with Crippen LogP contribution in [-0.2, 0) is 9.53 Å². The molecule has 1 atom stereocenters. The van der Waals surface area contributed by atoms with E-state index in [9.17, 15) is 14.4 Å². The molecule has 1 fully saturated rings. The summed E-state index contributed by atoms with van der Waals surface area (Å²) in [7, 11) is 0. The molecule has 5 rings (SSSR count). The highest BCUT2D eigenvalue weighted by Gasteiger charge is 2.39. The van der Waals surface area contributed by atoms with Crippen molar-refractivity contribution in [2.75, 3.05) is 18.5 Å². The number of nitrogens with zero attached hydrogens (tertiary/aromatic N) is 2. The summed E-state index contributed by atoms with van der Waals surface area (Å²) < 4.78 is 10.4. The van der Waals surface area contributed by atoms with Crippen molar-refractivity contribution in [2.45, 2.75) is 18.4 Å². The van der Waals surface area contributed by atoms with Crippen molar-refractivity contribution in [3.05, 3.63) is 71.4 Å². The summed E-state index contributed by atoms with van der Waals surface area (Å²) in [6.07, 6.45) is -0.349. The first-order valence-corrected chi connectivity index (χ1v) is 10.2. The minimum absolute atomic E-state index is 0.0574. The van der Waals surface area contributed by atoms with Crippen LogP contribution in [0.2, 0.25) is 0 Å². The highest BCUT2D eigenvalue weighted by Crippen LogP contribution is 2.44. The van der Waals surface area contributed by atoms with Gasteiger partial charge in [-0.3, -0.25) is 10.1 Å². The molecule has 2 amide bonds. The van der Waals surface area contributed by atoms with Crippen LogP contribution in [0.3, 0.4) is 0 Å². The van der Waals surface area contributed by atoms with Gasteiger partial charge in [0.05, 0.1) is 0 Å². The van der Waals surface area contributed by atoms with E-state index in [1.807, 2.05) is 48.5 Å². The second kappa shape index (κ2) is 7.84. The third kappa shape index (κ3) is 3.37. The average Bonchev–Trinajstić information content (AvgIpc) is 3.34. The molecule has 162 valence electrons. The van der Waals surface area contributed by atoms with Crippen LogP contribution < -0.4 is 5.32 Å². The quantitative estimate of drug-likeness (QED) is 0.633. The number of carboxylic acids is 1. The van der Waals surface area contributed by atoms with Crippen molar-refractivity contribution in [2.24, 2.45) is 0 Å². The Bertz CT molecular complexity index is 1170. The van der Waals surface area contributed by atoms with Crippen LogP contribution in [0.4, 0.5) is 10.7 Å². The number of rotatable bonds is 5. The van der Waals surface area contributed by atoms with Gasteiger partial charge in [-0.2, -0.15) is 0 Å². The van der Waals surface area contributed by atoms with Crippen LogP contribution in [0.25, 0.3) is 11.1 Å². The number of aliphatic carboxylic acids is 1. The van der Waals surface area contributed by atoms with Gasteiger partial charge < -0.3 is 19.3 Å². The van der Waals surface area contributed by atoms with Gasteiger partial charge in [0.2, 0.25) is 5.88 Å². The van der Waals surface area contributed by atoms with Gasteiger partial charge in [-0.25, -0.2) is 9.59 Å². The Kier molecular flexibility index (Phi) is 4.85. The van der Waals surface area contributed by atoms with Gasteiger partial charge >= 0.3 is 12.1 Å². The zero-order valence-corrected chi connectivity index (χ0v) is 16.9. The van der Waals surface area contributed by atoms with E-state index in [0.29, 0.717) is 13.0 Å². The molecule has 1 unspecified atom stereocenters. The second-order valence-corrected chi connectivity index (χ2v) is 7.67. The van der Waals surface area contributed by atoms with Crippen LogP contribution in [0.5, 0.6) is 0 Å². The van der Waals surface area contributed by atoms with Crippen molar-refractivity contribution in [3.8, 4) is 11.1 Å². The number of nitrogens with one attached hydrogen (secondary N) is 1. The SMILES string of the molecule is O=C(Nc1cc(C(=O)N2CCC2C(=O)O)no1)OCC1c2ccccc2-c2ccccc21. The standard InChI is InChI=1S/C23H19N3O6/c27-21(26-10-9-19(26)22(28)29)18-11-20(32-25-18)24-23(30)31-12-17-15-7-3-1-5-13(15)14-6-2-4-8-16(14)17/h1-8,11,17,19H,9-10,12H2,(H,24,30)(H,28,29). The maximum Gasteiger partial charge on any atom is 0.414 e. The van der Waals surface area contributed by atoms with Gasteiger partial charge in [0.15, 0.2) is 5.69 Å². The molecule has 32 heavy (non-hydrogen) atoms. The van der Waals surface area contributed by atoms with Gasteiger partial charge in [0, 0.05) is 18.5 Å². The number of carbonyl (C=O) groups excluding carboxylic acids is 2. The number of fused-ring (bicyclic) bond motifs is 3. The molecule has 2 aliphatic rings. The molecule has 1 saturated heterocycles. The van der Waals surface area contributed by atoms with Crippen LogP contribution in [-0.4, -0.2) is 52.3 Å². The third-order valence-electron chi connectivity index (χ3n) is 5.86. The predicted molar refractivity (Wildman–Crippen MR) is 112 cm³/mol. The molecule has 2 heterocycles. The molecule has 3 aromatic rings. The summed E-state index contributed by atoms with van der Waals surface area (Å²) in [6.45, 7) is 0.464. The van der Waals surface area contributed by atoms with E-state index < -0.39 is 24.0 Å². The zero-order chi connectivity index (χ0) is 22.2. The topological polar surface area (TPSA) is 122 Å². The molecule has 9 heteroatoms. The molecule has 0 bridgehead atoms. The fourth-order valence-corrected chi connectivity index (χ4v) is 4.20. The van der Waals surface area contributed by atoms with Crippen LogP contribution in [0.15, 0.2) is 59.1 Å². The van der Waals surface area contributed by atoms with Crippen molar-refractivity contribution in [3.63, 3.8) is 0 Å². The lowest BCUT2D eigenvalue weighted by Crippen LogP contribution is -2.55. The summed E-state index contributed by atoms with van der Waals surface area (Å²) in [4.78, 5) is 37.0. The molecule has 9 nitrogen and oxygen atoms in total. The number of ether oxygens (including phenoxy) is 1. The highest BCUT2D eigenvalue weighted by molar-refractivity contribution is 5.97. The summed E-state index contributed by atoms with van der Waals surface area (Å²) in [5.74, 6) is -1.77. The first kappa shape index (κ1) is 19.8. The number of amides is 2. The van der Waals surface area contributed by atoms with Gasteiger partial charge in [-0.05, 0) is 28.7 Å². The van der Waals surface area contributed by atoms with E-state index >= 15 is 0 Å². The number of carbonyl (C=O) groups is 3. The van der Waals surface area contributed by atoms with E-state index in [2.05, 4.69) is 10.5 Å². The molecule has 0 saturated carbocycles. The molecule has 0 radical (unpaired) electrons. The summed E-state index contributed by atoms with van der Waals surface area (Å²) in [6, 6.07) is 16.4. The van der Waals surface area contributed by atoms with E-state index in [1.54, 1.807) is 0 Å². The minimum Gasteiger partial charge on any atom is -0.480 e. The summed E-state index contributed by atoms with van der Waals surface area (Å²) in [5, 5.41) is 15.1. The molecule has 0 spiro atoms. The van der Waals surface area contributed by atoms with Crippen LogP contribution >= 0.6 is 0 Å². The van der Waals surface area contributed by atoms with Gasteiger partial charge in [0.1, 0.15) is 12.6 Å². The van der Waals surface area contributed by atoms with Crippen molar-refractivity contribution in [1.82, 2.24) is 10.1 Å². The first-order chi connectivity index (χ1) is 15.5. The molecule has 1 aliphatic carbocycles. The first-order valence-electron chi connectivity index (χ1n) is 10.2. The van der Waals surface area contributed by atoms with Gasteiger partial charge in [-0.15, -0.1) is 0 Å². The maximum atomic E-state index is 12.4. The van der Waals surface area contributed by atoms with Crippen molar-refractivity contribution < 1.29 is 28.8 Å². The molecule has 2 aromatic carbocycles. The number of benzene rings is 2. The lowest BCUT2D eigenvalue weighted by molar-refractivity contribution is -0.146. The van der Waals surface area contributed by atoms with E-state index in [-0.39, 0.29) is 24.1 Å². The fourth-order valence-electron chi connectivity index (χ4n) is 4.20. The second-order valence-electron chi connectivity index (χ2n) is 7.67. The average molecular weight is 433 g/mol. The molecule has 1 aliphatic heterocycles. The minimum atomic E-state index is -1.06. The maximum absolute atomic E-state index is 12.4. The summed E-state index contributed by atoms with van der Waals surface area (Å²) >= 11 is 0. The number of carboxylic acid groups (broad SMARTS) is 1. The van der Waals surface area contributed by atoms with E-state index in [1.165, 1.54) is 11.0 Å². The molecular weight excluding hydrogens is 414 g/mol. The van der Waals surface area contributed by atoms with Crippen LogP contribution in [0.1, 0.15) is 34.0 Å². The Morgan fingerprint density at radius 2 is 1.75 bits per heavy atom. The number of hydrogen-bond acceptors (Lipinski definition) is 6. The zero-order valence-electron chi connectivity index (χ0n) is 16.9. The highest BCUT2D eigenvalue weighted by atomic mass is 16.6. The Labute approximate surface area is 182 Å². The lowest BCUT2D eigenvalue weighted by Gasteiger charge is -2.37. The summed E-state index contributed by atoms with van der Waals surface area (Å²) in [5.41, 5.74) is 4.36. The molecule has 2 N–H and O–H groups in total. The fraction of sp³-hybridized carbons (Fsp3) is 0.217. The predicted octanol–water partition coefficient (Wildman–Crippen LogP) is 3.33. The van der Waals surface area contributed by atoms with Gasteiger partial charge in [0.25, 0.3) is 5.91 Å². The number of hydrogen-bond donors (Lipinski definition) is 2. The Morgan fingerprint density at radius 3 is 2.34 bits per heavy atom. The normalized spacial score (nSPS) is 16.6. The molecule has 1 aromatic heterocycles. The van der Waals surface area contributed by atoms with Gasteiger partial charge in [-0.1, -0.05) is 53.7 Å². The lowest BCUT2D eigenvalue weighted by atomic mass is 9.98.